The lowest BCUT2D eigenvalue weighted by molar-refractivity contribution is 0.0827. The van der Waals surface area contributed by atoms with Crippen LogP contribution in [-0.4, -0.2) is 74.5 Å². The average molecular weight is 339 g/mol. The van der Waals surface area contributed by atoms with E-state index in [4.69, 9.17) is 0 Å². The van der Waals surface area contributed by atoms with Crippen LogP contribution in [0.4, 0.5) is 0 Å². The highest BCUT2D eigenvalue weighted by atomic mass is 32.2. The van der Waals surface area contributed by atoms with Crippen LogP contribution in [0.2, 0.25) is 0 Å². The third-order valence-electron chi connectivity index (χ3n) is 4.08. The molecule has 23 heavy (non-hydrogen) atoms. The molecule has 0 radical (unpaired) electrons. The monoisotopic (exact) mass is 339 g/mol. The highest BCUT2D eigenvalue weighted by Gasteiger charge is 2.25. The molecule has 0 bridgehead atoms. The van der Waals surface area contributed by atoms with Crippen molar-refractivity contribution >= 4 is 15.9 Å². The number of benzene rings is 1. The highest BCUT2D eigenvalue weighted by molar-refractivity contribution is 7.89. The third kappa shape index (κ3) is 4.53. The van der Waals surface area contributed by atoms with E-state index in [1.807, 2.05) is 24.3 Å². The summed E-state index contributed by atoms with van der Waals surface area (Å²) in [5.74, 6) is 0.146. The van der Waals surface area contributed by atoms with Crippen LogP contribution < -0.4 is 0 Å². The van der Waals surface area contributed by atoms with Gasteiger partial charge in [0.05, 0.1) is 5.75 Å². The van der Waals surface area contributed by atoms with Gasteiger partial charge in [0.15, 0.2) is 0 Å². The minimum absolute atomic E-state index is 0.00860. The summed E-state index contributed by atoms with van der Waals surface area (Å²) >= 11 is 0. The first kappa shape index (κ1) is 17.9. The van der Waals surface area contributed by atoms with Crippen molar-refractivity contribution in [3.8, 4) is 0 Å². The lowest BCUT2D eigenvalue weighted by Crippen LogP contribution is -2.48. The van der Waals surface area contributed by atoms with Gasteiger partial charge >= 0.3 is 0 Å². The first-order valence-corrected chi connectivity index (χ1v) is 9.45. The van der Waals surface area contributed by atoms with Gasteiger partial charge in [0.25, 0.3) is 5.91 Å². The molecule has 0 spiro atoms. The Morgan fingerprint density at radius 1 is 1.17 bits per heavy atom. The van der Waals surface area contributed by atoms with E-state index in [1.54, 1.807) is 30.2 Å². The number of nitrogens with zero attached hydrogens (tertiary/aromatic N) is 3. The SMILES string of the molecule is CCS(=O)(=O)N1CCN(Cc2cccc(C(=O)N(C)C)c2)CC1. The molecule has 1 aliphatic heterocycles. The minimum atomic E-state index is -3.09. The van der Waals surface area contributed by atoms with Gasteiger partial charge in [-0.1, -0.05) is 12.1 Å². The second kappa shape index (κ2) is 7.42. The van der Waals surface area contributed by atoms with Crippen molar-refractivity contribution in [2.75, 3.05) is 46.0 Å². The summed E-state index contributed by atoms with van der Waals surface area (Å²) in [4.78, 5) is 15.8. The van der Waals surface area contributed by atoms with E-state index >= 15 is 0 Å². The van der Waals surface area contributed by atoms with Crippen molar-refractivity contribution in [1.29, 1.82) is 0 Å². The fourth-order valence-corrected chi connectivity index (χ4v) is 3.75. The van der Waals surface area contributed by atoms with Gasteiger partial charge in [-0.3, -0.25) is 9.69 Å². The van der Waals surface area contributed by atoms with Crippen molar-refractivity contribution in [3.05, 3.63) is 35.4 Å². The highest BCUT2D eigenvalue weighted by Crippen LogP contribution is 2.13. The van der Waals surface area contributed by atoms with Gasteiger partial charge in [-0.05, 0) is 24.6 Å². The van der Waals surface area contributed by atoms with Gasteiger partial charge in [0.2, 0.25) is 10.0 Å². The molecule has 1 heterocycles. The molecule has 128 valence electrons. The van der Waals surface area contributed by atoms with Crippen LogP contribution >= 0.6 is 0 Å². The molecule has 0 atom stereocenters. The number of carbonyl (C=O) groups excluding carboxylic acids is 1. The van der Waals surface area contributed by atoms with Gasteiger partial charge in [-0.15, -0.1) is 0 Å². The molecule has 1 aromatic rings. The van der Waals surface area contributed by atoms with Crippen LogP contribution in [0.15, 0.2) is 24.3 Å². The fraction of sp³-hybridized carbons (Fsp3) is 0.562. The van der Waals surface area contributed by atoms with Crippen LogP contribution in [0.5, 0.6) is 0 Å². The van der Waals surface area contributed by atoms with Gasteiger partial charge in [-0.2, -0.15) is 4.31 Å². The van der Waals surface area contributed by atoms with Crippen LogP contribution in [0.25, 0.3) is 0 Å². The van der Waals surface area contributed by atoms with E-state index < -0.39 is 10.0 Å². The van der Waals surface area contributed by atoms with E-state index in [0.717, 1.165) is 12.1 Å². The first-order chi connectivity index (χ1) is 10.8. The molecular formula is C16H25N3O3S. The summed E-state index contributed by atoms with van der Waals surface area (Å²) in [6.07, 6.45) is 0. The molecular weight excluding hydrogens is 314 g/mol. The molecule has 1 saturated heterocycles. The number of sulfonamides is 1. The molecule has 0 saturated carbocycles. The number of hydrogen-bond acceptors (Lipinski definition) is 4. The van der Waals surface area contributed by atoms with Crippen molar-refractivity contribution in [2.45, 2.75) is 13.5 Å². The summed E-state index contributed by atoms with van der Waals surface area (Å²) < 4.78 is 25.3. The topological polar surface area (TPSA) is 60.9 Å². The Morgan fingerprint density at radius 2 is 1.83 bits per heavy atom. The van der Waals surface area contributed by atoms with Gasteiger partial charge < -0.3 is 4.90 Å². The van der Waals surface area contributed by atoms with E-state index in [-0.39, 0.29) is 11.7 Å². The second-order valence-corrected chi connectivity index (χ2v) is 8.23. The van der Waals surface area contributed by atoms with Crippen molar-refractivity contribution in [1.82, 2.24) is 14.1 Å². The second-order valence-electron chi connectivity index (χ2n) is 5.98. The predicted octanol–water partition coefficient (Wildman–Crippen LogP) is 0.856. The molecule has 0 unspecified atom stereocenters. The van der Waals surface area contributed by atoms with Crippen LogP contribution in [0, 0.1) is 0 Å². The third-order valence-corrected chi connectivity index (χ3v) is 5.96. The van der Waals surface area contributed by atoms with Crippen molar-refractivity contribution in [3.63, 3.8) is 0 Å². The molecule has 2 rings (SSSR count). The van der Waals surface area contributed by atoms with E-state index in [9.17, 15) is 13.2 Å². The quantitative estimate of drug-likeness (QED) is 0.798. The maximum Gasteiger partial charge on any atom is 0.253 e. The van der Waals surface area contributed by atoms with Crippen molar-refractivity contribution in [2.24, 2.45) is 0 Å². The molecule has 1 aromatic carbocycles. The van der Waals surface area contributed by atoms with E-state index in [2.05, 4.69) is 4.90 Å². The number of hydrogen-bond donors (Lipinski definition) is 0. The molecule has 1 fully saturated rings. The molecule has 6 nitrogen and oxygen atoms in total. The van der Waals surface area contributed by atoms with E-state index in [0.29, 0.717) is 31.7 Å². The Bertz CT molecular complexity index is 650. The Labute approximate surface area is 138 Å². The largest absolute Gasteiger partial charge is 0.345 e. The summed E-state index contributed by atoms with van der Waals surface area (Å²) in [6, 6.07) is 7.63. The molecule has 0 aromatic heterocycles. The van der Waals surface area contributed by atoms with Crippen LogP contribution in [0.1, 0.15) is 22.8 Å². The fourth-order valence-electron chi connectivity index (χ4n) is 2.67. The predicted molar refractivity (Wildman–Crippen MR) is 90.8 cm³/mol. The molecule has 7 heteroatoms. The number of amides is 1. The maximum absolute atomic E-state index is 12.0. The number of piperazine rings is 1. The van der Waals surface area contributed by atoms with Crippen LogP contribution in [0.3, 0.4) is 0 Å². The van der Waals surface area contributed by atoms with Gasteiger partial charge in [-0.25, -0.2) is 8.42 Å². The maximum atomic E-state index is 12.0. The summed E-state index contributed by atoms with van der Waals surface area (Å²) in [6.45, 7) is 4.90. The Balaban J connectivity index is 1.97. The number of rotatable bonds is 5. The Hall–Kier alpha value is -1.44. The van der Waals surface area contributed by atoms with E-state index in [1.165, 1.54) is 0 Å². The summed E-state index contributed by atoms with van der Waals surface area (Å²) in [5, 5.41) is 0. The Morgan fingerprint density at radius 3 is 2.39 bits per heavy atom. The summed E-state index contributed by atoms with van der Waals surface area (Å²) in [7, 11) is 0.388. The minimum Gasteiger partial charge on any atom is -0.345 e. The average Bonchev–Trinajstić information content (AvgIpc) is 2.55. The Kier molecular flexibility index (Phi) is 5.78. The normalized spacial score (nSPS) is 17.2. The lowest BCUT2D eigenvalue weighted by atomic mass is 10.1. The smallest absolute Gasteiger partial charge is 0.253 e. The molecule has 1 amide bonds. The zero-order valence-electron chi connectivity index (χ0n) is 14.0. The van der Waals surface area contributed by atoms with Gasteiger partial charge in [0.1, 0.15) is 0 Å². The lowest BCUT2D eigenvalue weighted by Gasteiger charge is -2.33. The summed E-state index contributed by atoms with van der Waals surface area (Å²) in [5.41, 5.74) is 1.75. The number of carbonyl (C=O) groups is 1. The molecule has 1 aliphatic rings. The standard InChI is InChI=1S/C16H25N3O3S/c1-4-23(21,22)19-10-8-18(9-11-19)13-14-6-5-7-15(12-14)16(20)17(2)3/h5-7,12H,4,8-11,13H2,1-3H3. The first-order valence-electron chi connectivity index (χ1n) is 7.84. The van der Waals surface area contributed by atoms with Crippen LogP contribution in [-0.2, 0) is 16.6 Å². The van der Waals surface area contributed by atoms with Crippen molar-refractivity contribution < 1.29 is 13.2 Å². The zero-order chi connectivity index (χ0) is 17.0. The molecule has 0 N–H and O–H groups in total. The zero-order valence-corrected chi connectivity index (χ0v) is 14.8. The van der Waals surface area contributed by atoms with Gasteiger partial charge in [0, 0.05) is 52.4 Å². The molecule has 0 aliphatic carbocycles.